The normalized spacial score (nSPS) is 16.2. The number of phenolic OH excluding ortho intramolecular Hbond substituents is 1. The smallest absolute Gasteiger partial charge is 0.150 e. The van der Waals surface area contributed by atoms with Crippen molar-refractivity contribution in [3.8, 4) is 17.2 Å². The van der Waals surface area contributed by atoms with E-state index in [-0.39, 0.29) is 16.9 Å². The van der Waals surface area contributed by atoms with Crippen molar-refractivity contribution in [3.05, 3.63) is 64.7 Å². The summed E-state index contributed by atoms with van der Waals surface area (Å²) in [6, 6.07) is 14.3. The van der Waals surface area contributed by atoms with Crippen molar-refractivity contribution in [2.24, 2.45) is 0 Å². The van der Waals surface area contributed by atoms with Gasteiger partial charge in [0, 0.05) is 27.5 Å². The molecule has 4 rings (SSSR count). The average molecular weight is 391 g/mol. The molecule has 3 aromatic carbocycles. The van der Waals surface area contributed by atoms with Crippen molar-refractivity contribution >= 4 is 10.8 Å². The van der Waals surface area contributed by atoms with E-state index in [0.29, 0.717) is 5.75 Å². The minimum Gasteiger partial charge on any atom is -0.507 e. The highest BCUT2D eigenvalue weighted by Crippen LogP contribution is 2.53. The van der Waals surface area contributed by atoms with Crippen LogP contribution in [0.15, 0.2) is 42.5 Å². The van der Waals surface area contributed by atoms with Gasteiger partial charge < -0.3 is 14.6 Å². The molecule has 0 aliphatic carbocycles. The molecule has 1 aliphatic rings. The third-order valence-electron chi connectivity index (χ3n) is 5.81. The predicted molar refractivity (Wildman–Crippen MR) is 118 cm³/mol. The van der Waals surface area contributed by atoms with Gasteiger partial charge in [-0.25, -0.2) is 0 Å². The van der Waals surface area contributed by atoms with E-state index >= 15 is 0 Å². The molecule has 0 spiro atoms. The number of rotatable bonds is 2. The molecule has 1 atom stereocenters. The molecule has 29 heavy (non-hydrogen) atoms. The molecule has 1 aliphatic heterocycles. The maximum Gasteiger partial charge on any atom is 0.150 e. The van der Waals surface area contributed by atoms with Gasteiger partial charge in [-0.15, -0.1) is 0 Å². The number of phenols is 1. The SMILES string of the molecule is COc1ccc(C2Oc3c(C(C)(C)C)ccc4c(O)c(C(C)(C)C)cc2c34)cc1. The van der Waals surface area contributed by atoms with Gasteiger partial charge in [-0.3, -0.25) is 0 Å². The first-order valence-electron chi connectivity index (χ1n) is 10.2. The van der Waals surface area contributed by atoms with Crippen LogP contribution in [-0.2, 0) is 10.8 Å². The second kappa shape index (κ2) is 6.41. The minimum absolute atomic E-state index is 0.0616. The fraction of sp³-hybridized carbons (Fsp3) is 0.385. The molecule has 0 bridgehead atoms. The summed E-state index contributed by atoms with van der Waals surface area (Å²) in [7, 11) is 1.67. The lowest BCUT2D eigenvalue weighted by atomic mass is 9.80. The van der Waals surface area contributed by atoms with Crippen molar-refractivity contribution in [3.63, 3.8) is 0 Å². The van der Waals surface area contributed by atoms with E-state index in [1.807, 2.05) is 18.2 Å². The fourth-order valence-corrected chi connectivity index (χ4v) is 4.21. The summed E-state index contributed by atoms with van der Waals surface area (Å²) in [5.74, 6) is 2.07. The number of hydrogen-bond donors (Lipinski definition) is 1. The van der Waals surface area contributed by atoms with Crippen LogP contribution in [-0.4, -0.2) is 12.2 Å². The maximum absolute atomic E-state index is 11.1. The molecule has 152 valence electrons. The summed E-state index contributed by atoms with van der Waals surface area (Å²) in [4.78, 5) is 0. The summed E-state index contributed by atoms with van der Waals surface area (Å²) in [6.45, 7) is 13.0. The zero-order valence-corrected chi connectivity index (χ0v) is 18.4. The average Bonchev–Trinajstić information content (AvgIpc) is 3.02. The summed E-state index contributed by atoms with van der Waals surface area (Å²) >= 11 is 0. The van der Waals surface area contributed by atoms with Gasteiger partial charge in [-0.05, 0) is 34.6 Å². The zero-order chi connectivity index (χ0) is 21.1. The number of methoxy groups -OCH3 is 1. The molecule has 0 saturated carbocycles. The molecule has 1 unspecified atom stereocenters. The van der Waals surface area contributed by atoms with Crippen LogP contribution in [0.1, 0.15) is 69.9 Å². The van der Waals surface area contributed by atoms with Crippen LogP contribution in [0.5, 0.6) is 17.2 Å². The van der Waals surface area contributed by atoms with Crippen molar-refractivity contribution < 1.29 is 14.6 Å². The molecule has 3 aromatic rings. The highest BCUT2D eigenvalue weighted by atomic mass is 16.5. The number of ether oxygens (including phenoxy) is 2. The first-order valence-corrected chi connectivity index (χ1v) is 10.2. The molecule has 3 nitrogen and oxygen atoms in total. The van der Waals surface area contributed by atoms with Gasteiger partial charge in [-0.2, -0.15) is 0 Å². The zero-order valence-electron chi connectivity index (χ0n) is 18.4. The van der Waals surface area contributed by atoms with Gasteiger partial charge in [0.2, 0.25) is 0 Å². The van der Waals surface area contributed by atoms with E-state index in [0.717, 1.165) is 44.5 Å². The van der Waals surface area contributed by atoms with Crippen LogP contribution >= 0.6 is 0 Å². The van der Waals surface area contributed by atoms with Gasteiger partial charge in [-0.1, -0.05) is 65.8 Å². The Morgan fingerprint density at radius 1 is 0.862 bits per heavy atom. The first-order chi connectivity index (χ1) is 13.5. The Kier molecular flexibility index (Phi) is 4.34. The summed E-state index contributed by atoms with van der Waals surface area (Å²) in [6.07, 6.45) is -0.205. The predicted octanol–water partition coefficient (Wildman–Crippen LogP) is 6.63. The second-order valence-corrected chi connectivity index (χ2v) is 10.00. The molecule has 0 saturated heterocycles. The molecule has 3 heteroatoms. The van der Waals surface area contributed by atoms with Crippen molar-refractivity contribution in [2.45, 2.75) is 58.5 Å². The van der Waals surface area contributed by atoms with Gasteiger partial charge >= 0.3 is 0 Å². The highest BCUT2D eigenvalue weighted by molar-refractivity contribution is 6.00. The van der Waals surface area contributed by atoms with Crippen molar-refractivity contribution in [1.82, 2.24) is 0 Å². The van der Waals surface area contributed by atoms with Crippen LogP contribution in [0.25, 0.3) is 10.8 Å². The summed E-state index contributed by atoms with van der Waals surface area (Å²) < 4.78 is 11.9. The Morgan fingerprint density at radius 2 is 1.48 bits per heavy atom. The number of hydrogen-bond acceptors (Lipinski definition) is 3. The van der Waals surface area contributed by atoms with E-state index in [9.17, 15) is 5.11 Å². The first kappa shape index (κ1) is 19.6. The van der Waals surface area contributed by atoms with Crippen LogP contribution in [0, 0.1) is 0 Å². The molecule has 0 radical (unpaired) electrons. The largest absolute Gasteiger partial charge is 0.507 e. The van der Waals surface area contributed by atoms with Gasteiger partial charge in [0.05, 0.1) is 7.11 Å². The quantitative estimate of drug-likeness (QED) is 0.534. The topological polar surface area (TPSA) is 38.7 Å². The van der Waals surface area contributed by atoms with Gasteiger partial charge in [0.1, 0.15) is 23.4 Å². The third-order valence-corrected chi connectivity index (χ3v) is 5.81. The second-order valence-electron chi connectivity index (χ2n) is 10.00. The molecule has 0 aromatic heterocycles. The van der Waals surface area contributed by atoms with E-state index in [4.69, 9.17) is 9.47 Å². The van der Waals surface area contributed by atoms with Gasteiger partial charge in [0.15, 0.2) is 0 Å². The van der Waals surface area contributed by atoms with Crippen LogP contribution in [0.3, 0.4) is 0 Å². The van der Waals surface area contributed by atoms with E-state index < -0.39 is 0 Å². The third kappa shape index (κ3) is 3.13. The van der Waals surface area contributed by atoms with E-state index in [1.54, 1.807) is 7.11 Å². The monoisotopic (exact) mass is 390 g/mol. The van der Waals surface area contributed by atoms with Crippen molar-refractivity contribution in [1.29, 1.82) is 0 Å². The Hall–Kier alpha value is -2.68. The molecule has 1 N–H and O–H groups in total. The molecule has 0 amide bonds. The molecular formula is C26H30O3. The standard InChI is InChI=1S/C26H30O3/c1-25(2,3)19-13-12-17-21-18(14-20(22(17)27)26(4,5)6)23(29-24(19)21)15-8-10-16(28-7)11-9-15/h8-14,23,27H,1-7H3. The lowest BCUT2D eigenvalue weighted by Gasteiger charge is -2.24. The van der Waals surface area contributed by atoms with Crippen LogP contribution < -0.4 is 9.47 Å². The van der Waals surface area contributed by atoms with Gasteiger partial charge in [0.25, 0.3) is 0 Å². The van der Waals surface area contributed by atoms with E-state index in [1.165, 1.54) is 0 Å². The van der Waals surface area contributed by atoms with Crippen molar-refractivity contribution in [2.75, 3.05) is 7.11 Å². The molecule has 0 fully saturated rings. The minimum atomic E-state index is -0.205. The Bertz CT molecular complexity index is 1080. The Morgan fingerprint density at radius 3 is 2.03 bits per heavy atom. The van der Waals surface area contributed by atoms with E-state index in [2.05, 4.69) is 65.8 Å². The Labute approximate surface area is 173 Å². The summed E-state index contributed by atoms with van der Waals surface area (Å²) in [5, 5.41) is 13.0. The lowest BCUT2D eigenvalue weighted by molar-refractivity contribution is 0.260. The number of benzene rings is 3. The molecule has 1 heterocycles. The number of aromatic hydroxyl groups is 1. The Balaban J connectivity index is 2.01. The lowest BCUT2D eigenvalue weighted by Crippen LogP contribution is -2.13. The van der Waals surface area contributed by atoms with Crippen LogP contribution in [0.2, 0.25) is 0 Å². The van der Waals surface area contributed by atoms with Crippen LogP contribution in [0.4, 0.5) is 0 Å². The maximum atomic E-state index is 11.1. The fourth-order valence-electron chi connectivity index (χ4n) is 4.21. The molecular weight excluding hydrogens is 360 g/mol. The highest BCUT2D eigenvalue weighted by Gasteiger charge is 2.35. The summed E-state index contributed by atoms with van der Waals surface area (Å²) in [5.41, 5.74) is 4.06.